The second kappa shape index (κ2) is 20.4. The first kappa shape index (κ1) is 35.5. The van der Waals surface area contributed by atoms with E-state index in [0.29, 0.717) is 26.1 Å². The normalized spacial score (nSPS) is 16.1. The van der Waals surface area contributed by atoms with Crippen molar-refractivity contribution >= 4 is 20.4 Å². The molecule has 8 heteroatoms. The Bertz CT molecular complexity index is 1060. The smallest absolute Gasteiger partial charge is 0.306 e. The van der Waals surface area contributed by atoms with Gasteiger partial charge in [0.15, 0.2) is 6.29 Å². The average Bonchev–Trinajstić information content (AvgIpc) is 2.95. The summed E-state index contributed by atoms with van der Waals surface area (Å²) in [6.07, 6.45) is 11.6. The van der Waals surface area contributed by atoms with Crippen molar-refractivity contribution in [1.82, 2.24) is 0 Å². The quantitative estimate of drug-likeness (QED) is 0.172. The van der Waals surface area contributed by atoms with E-state index in [1.165, 1.54) is 0 Å². The van der Waals surface area contributed by atoms with E-state index >= 15 is 0 Å². The lowest BCUT2D eigenvalue weighted by molar-refractivity contribution is -0.144. The third kappa shape index (κ3) is 13.6. The van der Waals surface area contributed by atoms with E-state index in [-0.39, 0.29) is 44.2 Å². The van der Waals surface area contributed by atoms with Gasteiger partial charge in [0, 0.05) is 26.7 Å². The van der Waals surface area contributed by atoms with Gasteiger partial charge in [0.2, 0.25) is 0 Å². The number of phenols is 1. The molecule has 41 heavy (non-hydrogen) atoms. The lowest BCUT2D eigenvalue weighted by Crippen LogP contribution is -2.24. The second-order valence-electron chi connectivity index (χ2n) is 9.36. The van der Waals surface area contributed by atoms with Crippen LogP contribution < -0.4 is 4.74 Å². The summed E-state index contributed by atoms with van der Waals surface area (Å²) in [5, 5.41) is 9.22. The van der Waals surface area contributed by atoms with Crippen LogP contribution in [-0.2, 0) is 23.8 Å². The van der Waals surface area contributed by atoms with Crippen molar-refractivity contribution in [2.24, 2.45) is 0 Å². The monoisotopic (exact) mass is 563 g/mol. The predicted molar refractivity (Wildman–Crippen MR) is 162 cm³/mol. The molecule has 0 bridgehead atoms. The number of hydrogen-bond donors (Lipinski definition) is 1. The summed E-state index contributed by atoms with van der Waals surface area (Å²) in [4.78, 5) is 23.2. The lowest BCUT2D eigenvalue weighted by atomic mass is 9.95. The molecule has 0 spiro atoms. The zero-order valence-corrected chi connectivity index (χ0v) is 24.8. The van der Waals surface area contributed by atoms with E-state index in [4.69, 9.17) is 18.9 Å². The molecule has 3 radical (unpaired) electrons. The molecule has 0 aromatic heterocycles. The van der Waals surface area contributed by atoms with E-state index in [9.17, 15) is 14.7 Å². The molecule has 1 saturated heterocycles. The van der Waals surface area contributed by atoms with Crippen molar-refractivity contribution < 1.29 is 33.6 Å². The SMILES string of the molecule is C/C=C/[C@H](CC(=O)OCC)c1ccc(O)cc1.C/C=C/[C@H](CC(=O)OCC)c1ccc(OC2CCCCO2)cc1.[B]. The first-order chi connectivity index (χ1) is 19.4. The molecule has 2 aromatic rings. The molecule has 7 nitrogen and oxygen atoms in total. The fourth-order valence-electron chi connectivity index (χ4n) is 4.33. The molecule has 0 aliphatic carbocycles. The summed E-state index contributed by atoms with van der Waals surface area (Å²) in [5.74, 6) is 0.675. The largest absolute Gasteiger partial charge is 0.508 e. The number of rotatable bonds is 12. The fourth-order valence-corrected chi connectivity index (χ4v) is 4.33. The number of hydrogen-bond acceptors (Lipinski definition) is 7. The Kier molecular flexibility index (Phi) is 17.6. The van der Waals surface area contributed by atoms with E-state index in [0.717, 1.165) is 42.7 Å². The van der Waals surface area contributed by atoms with Gasteiger partial charge in [0.1, 0.15) is 11.5 Å². The molecule has 0 saturated carbocycles. The van der Waals surface area contributed by atoms with Crippen LogP contribution in [0.3, 0.4) is 0 Å². The highest BCUT2D eigenvalue weighted by molar-refractivity contribution is 5.75. The van der Waals surface area contributed by atoms with Crippen LogP contribution in [0, 0.1) is 0 Å². The Morgan fingerprint density at radius 3 is 1.76 bits per heavy atom. The number of carbonyl (C=O) groups excluding carboxylic acids is 2. The number of esters is 2. The first-order valence-electron chi connectivity index (χ1n) is 14.1. The minimum atomic E-state index is -0.205. The minimum absolute atomic E-state index is 0. The number of aromatic hydroxyl groups is 1. The molecule has 1 N–H and O–H groups in total. The zero-order chi connectivity index (χ0) is 29.2. The predicted octanol–water partition coefficient (Wildman–Crippen LogP) is 6.83. The van der Waals surface area contributed by atoms with Crippen LogP contribution in [-0.4, -0.2) is 51.6 Å². The van der Waals surface area contributed by atoms with Crippen molar-refractivity contribution in [3.63, 3.8) is 0 Å². The second-order valence-corrected chi connectivity index (χ2v) is 9.36. The van der Waals surface area contributed by atoms with Crippen molar-refractivity contribution in [3.05, 3.63) is 84.0 Å². The maximum atomic E-state index is 11.7. The molecule has 1 heterocycles. The van der Waals surface area contributed by atoms with Crippen LogP contribution in [0.1, 0.15) is 82.8 Å². The van der Waals surface area contributed by atoms with Crippen LogP contribution in [0.2, 0.25) is 0 Å². The van der Waals surface area contributed by atoms with Gasteiger partial charge in [-0.2, -0.15) is 0 Å². The Labute approximate surface area is 247 Å². The van der Waals surface area contributed by atoms with Gasteiger partial charge in [-0.1, -0.05) is 48.6 Å². The van der Waals surface area contributed by atoms with E-state index < -0.39 is 0 Å². The Balaban J connectivity index is 0.000000419. The molecule has 2 aromatic carbocycles. The maximum Gasteiger partial charge on any atom is 0.306 e. The summed E-state index contributed by atoms with van der Waals surface area (Å²) in [6, 6.07) is 14.8. The molecule has 0 amide bonds. The van der Waals surface area contributed by atoms with E-state index in [1.54, 1.807) is 19.1 Å². The van der Waals surface area contributed by atoms with Crippen molar-refractivity contribution in [1.29, 1.82) is 0 Å². The van der Waals surface area contributed by atoms with Crippen LogP contribution in [0.25, 0.3) is 0 Å². The van der Waals surface area contributed by atoms with E-state index in [1.807, 2.05) is 81.5 Å². The number of allylic oxidation sites excluding steroid dienone is 4. The maximum absolute atomic E-state index is 11.7. The number of phenolic OH excluding ortho intramolecular Hbond substituents is 1. The number of benzene rings is 2. The van der Waals surface area contributed by atoms with Crippen LogP contribution >= 0.6 is 0 Å². The van der Waals surface area contributed by atoms with Crippen LogP contribution in [0.4, 0.5) is 0 Å². The molecule has 221 valence electrons. The fraction of sp³-hybridized carbons (Fsp3) is 0.455. The molecule has 3 rings (SSSR count). The highest BCUT2D eigenvalue weighted by atomic mass is 16.7. The Morgan fingerprint density at radius 2 is 1.34 bits per heavy atom. The lowest BCUT2D eigenvalue weighted by Gasteiger charge is -2.23. The zero-order valence-electron chi connectivity index (χ0n) is 24.8. The van der Waals surface area contributed by atoms with Gasteiger partial charge in [-0.05, 0) is 75.9 Å². The Morgan fingerprint density at radius 1 is 0.854 bits per heavy atom. The third-order valence-electron chi connectivity index (χ3n) is 6.27. The molecule has 1 unspecified atom stereocenters. The summed E-state index contributed by atoms with van der Waals surface area (Å²) < 4.78 is 21.4. The first-order valence-corrected chi connectivity index (χ1v) is 14.1. The number of carbonyl (C=O) groups is 2. The van der Waals surface area contributed by atoms with Crippen LogP contribution in [0.15, 0.2) is 72.8 Å². The van der Waals surface area contributed by atoms with Gasteiger partial charge >= 0.3 is 11.9 Å². The topological polar surface area (TPSA) is 91.3 Å². The molecular formula is C33H44BO7. The minimum Gasteiger partial charge on any atom is -0.508 e. The van der Waals surface area contributed by atoms with Gasteiger partial charge in [-0.3, -0.25) is 9.59 Å². The van der Waals surface area contributed by atoms with Crippen molar-refractivity contribution in [2.75, 3.05) is 19.8 Å². The summed E-state index contributed by atoms with van der Waals surface area (Å²) in [6.45, 7) is 9.07. The molecule has 1 fully saturated rings. The summed E-state index contributed by atoms with van der Waals surface area (Å²) in [5.41, 5.74) is 2.07. The molecule has 3 atom stereocenters. The Hall–Kier alpha value is -3.52. The third-order valence-corrected chi connectivity index (χ3v) is 6.27. The number of ether oxygens (including phenoxy) is 4. The van der Waals surface area contributed by atoms with Crippen molar-refractivity contribution in [3.8, 4) is 11.5 Å². The van der Waals surface area contributed by atoms with Gasteiger partial charge in [-0.15, -0.1) is 0 Å². The summed E-state index contributed by atoms with van der Waals surface area (Å²) in [7, 11) is 0. The molecular weight excluding hydrogens is 519 g/mol. The van der Waals surface area contributed by atoms with E-state index in [2.05, 4.69) is 0 Å². The van der Waals surface area contributed by atoms with Gasteiger partial charge in [0.05, 0.1) is 32.7 Å². The van der Waals surface area contributed by atoms with Crippen molar-refractivity contribution in [2.45, 2.75) is 77.9 Å². The van der Waals surface area contributed by atoms with Gasteiger partial charge in [-0.25, -0.2) is 0 Å². The highest BCUT2D eigenvalue weighted by Gasteiger charge is 2.17. The molecule has 1 aliphatic heterocycles. The highest BCUT2D eigenvalue weighted by Crippen LogP contribution is 2.26. The van der Waals surface area contributed by atoms with Gasteiger partial charge in [0.25, 0.3) is 0 Å². The summed E-state index contributed by atoms with van der Waals surface area (Å²) >= 11 is 0. The van der Waals surface area contributed by atoms with Crippen LogP contribution in [0.5, 0.6) is 11.5 Å². The molecule has 1 aliphatic rings. The average molecular weight is 564 g/mol. The standard InChI is InChI=1S/C19H26O4.C14H18O3.B/c1-3-7-16(14-18(20)21-4-2)15-9-11-17(12-10-15)23-19-8-5-6-13-22-19;1-3-5-12(10-14(16)17-4-2)11-6-8-13(15)9-7-11;/h3,7,9-12,16,19H,4-6,8,13-14H2,1-2H3;3,5-9,12,15H,4,10H2,1-2H3;/b7-3+;5-3+;/t16-,19?;12-;/m11./s1. The van der Waals surface area contributed by atoms with Gasteiger partial charge < -0.3 is 24.1 Å².